The lowest BCUT2D eigenvalue weighted by Gasteiger charge is -2.18. The number of thioether (sulfide) groups is 1. The lowest BCUT2D eigenvalue weighted by molar-refractivity contribution is -0.742. The predicted molar refractivity (Wildman–Crippen MR) is 112 cm³/mol. The first-order chi connectivity index (χ1) is 13.8. The van der Waals surface area contributed by atoms with Gasteiger partial charge in [0.1, 0.15) is 5.82 Å². The van der Waals surface area contributed by atoms with E-state index < -0.39 is 5.09 Å². The monoisotopic (exact) mass is 457 g/mol. The van der Waals surface area contributed by atoms with Crippen molar-refractivity contribution in [1.82, 2.24) is 9.55 Å². The van der Waals surface area contributed by atoms with Gasteiger partial charge in [-0.2, -0.15) is 0 Å². The minimum Gasteiger partial charge on any atom is -0.336 e. The Bertz CT molecular complexity index is 908. The van der Waals surface area contributed by atoms with E-state index in [0.717, 1.165) is 29.8 Å². The zero-order chi connectivity index (χ0) is 21.2. The molecule has 0 aliphatic heterocycles. The van der Waals surface area contributed by atoms with Crippen LogP contribution in [0.15, 0.2) is 66.1 Å². The van der Waals surface area contributed by atoms with Gasteiger partial charge in [0, 0.05) is 34.1 Å². The van der Waals surface area contributed by atoms with Gasteiger partial charge in [-0.05, 0) is 48.7 Å². The third kappa shape index (κ3) is 8.72. The fourth-order valence-electron chi connectivity index (χ4n) is 2.55. The maximum atomic E-state index is 13.1. The summed E-state index contributed by atoms with van der Waals surface area (Å²) in [5.74, 6) is -0.207. The average molecular weight is 458 g/mol. The molecule has 3 aromatic rings. The lowest BCUT2D eigenvalue weighted by atomic mass is 10.1. The molecule has 1 N–H and O–H groups in total. The molecular weight excluding hydrogens is 440 g/mol. The van der Waals surface area contributed by atoms with Crippen molar-refractivity contribution in [3.05, 3.63) is 92.7 Å². The molecule has 0 fully saturated rings. The number of hydrogen-bond donors (Lipinski definition) is 1. The molecule has 0 aliphatic rings. The van der Waals surface area contributed by atoms with Gasteiger partial charge >= 0.3 is 0 Å². The third-order valence-electron chi connectivity index (χ3n) is 3.83. The van der Waals surface area contributed by atoms with Crippen LogP contribution < -0.4 is 0 Å². The minimum absolute atomic E-state index is 0.207. The molecule has 2 aromatic carbocycles. The molecule has 0 spiro atoms. The fourth-order valence-corrected chi connectivity index (χ4v) is 4.25. The molecule has 0 saturated carbocycles. The molecular formula is C19H18Cl2FN3O3S. The summed E-state index contributed by atoms with van der Waals surface area (Å²) in [7, 11) is 0. The second-order valence-electron chi connectivity index (χ2n) is 5.98. The van der Waals surface area contributed by atoms with Crippen molar-refractivity contribution in [1.29, 1.82) is 0 Å². The van der Waals surface area contributed by atoms with Crippen LogP contribution in [0, 0.1) is 15.9 Å². The Morgan fingerprint density at radius 3 is 2.52 bits per heavy atom. The number of imidazole rings is 1. The summed E-state index contributed by atoms with van der Waals surface area (Å²) in [4.78, 5) is 13.5. The molecule has 0 aliphatic carbocycles. The van der Waals surface area contributed by atoms with Crippen LogP contribution in [0.3, 0.4) is 0 Å². The van der Waals surface area contributed by atoms with Crippen molar-refractivity contribution in [2.24, 2.45) is 0 Å². The SMILES string of the molecule is Fc1ccc(CCC(Cn2ccnc2)Sc2ccc(Cl)cc2Cl)cc1.O=[N+]([O-])O. The predicted octanol–water partition coefficient (Wildman–Crippen LogP) is 5.78. The van der Waals surface area contributed by atoms with Gasteiger partial charge in [-0.3, -0.25) is 0 Å². The molecule has 6 nitrogen and oxygen atoms in total. The van der Waals surface area contributed by atoms with Crippen molar-refractivity contribution < 1.29 is 14.7 Å². The van der Waals surface area contributed by atoms with E-state index in [-0.39, 0.29) is 5.82 Å². The Balaban J connectivity index is 0.000000687. The summed E-state index contributed by atoms with van der Waals surface area (Å²) < 4.78 is 15.1. The lowest BCUT2D eigenvalue weighted by Crippen LogP contribution is -2.13. The third-order valence-corrected chi connectivity index (χ3v) is 5.82. The van der Waals surface area contributed by atoms with Crippen LogP contribution in [0.1, 0.15) is 12.0 Å². The largest absolute Gasteiger partial charge is 0.336 e. The van der Waals surface area contributed by atoms with Gasteiger partial charge in [0.25, 0.3) is 5.09 Å². The average Bonchev–Trinajstić information content (AvgIpc) is 3.16. The number of benzene rings is 2. The number of rotatable bonds is 7. The normalized spacial score (nSPS) is 11.4. The highest BCUT2D eigenvalue weighted by Crippen LogP contribution is 2.34. The number of halogens is 3. The Kier molecular flexibility index (Phi) is 9.24. The highest BCUT2D eigenvalue weighted by Gasteiger charge is 2.14. The van der Waals surface area contributed by atoms with Crippen molar-refractivity contribution in [3.63, 3.8) is 0 Å². The minimum atomic E-state index is -1.50. The van der Waals surface area contributed by atoms with Gasteiger partial charge in [0.05, 0.1) is 11.3 Å². The molecule has 1 heterocycles. The second kappa shape index (κ2) is 11.6. The first-order valence-electron chi connectivity index (χ1n) is 8.48. The second-order valence-corrected chi connectivity index (χ2v) is 8.16. The highest BCUT2D eigenvalue weighted by molar-refractivity contribution is 8.00. The Morgan fingerprint density at radius 1 is 1.24 bits per heavy atom. The summed E-state index contributed by atoms with van der Waals surface area (Å²) in [5.41, 5.74) is 1.12. The summed E-state index contributed by atoms with van der Waals surface area (Å²) in [6.07, 6.45) is 7.35. The van der Waals surface area contributed by atoms with Gasteiger partial charge in [-0.15, -0.1) is 21.9 Å². The van der Waals surface area contributed by atoms with Crippen LogP contribution in [0.4, 0.5) is 4.39 Å². The van der Waals surface area contributed by atoms with Crippen molar-refractivity contribution >= 4 is 35.0 Å². The van der Waals surface area contributed by atoms with E-state index in [1.807, 2.05) is 36.8 Å². The number of hydrogen-bond acceptors (Lipinski definition) is 4. The van der Waals surface area contributed by atoms with Gasteiger partial charge in [-0.1, -0.05) is 35.3 Å². The van der Waals surface area contributed by atoms with E-state index in [0.29, 0.717) is 15.3 Å². The van der Waals surface area contributed by atoms with Crippen LogP contribution in [0.2, 0.25) is 10.0 Å². The molecule has 1 unspecified atom stereocenters. The molecule has 1 atom stereocenters. The van der Waals surface area contributed by atoms with Crippen molar-refractivity contribution in [2.45, 2.75) is 29.5 Å². The number of nitrogens with zero attached hydrogens (tertiary/aromatic N) is 3. The van der Waals surface area contributed by atoms with Gasteiger partial charge in [-0.25, -0.2) is 9.37 Å². The number of aromatic nitrogens is 2. The zero-order valence-corrected chi connectivity index (χ0v) is 17.4. The fraction of sp³-hybridized carbons (Fsp3) is 0.211. The Labute approximate surface area is 181 Å². The highest BCUT2D eigenvalue weighted by atomic mass is 35.5. The van der Waals surface area contributed by atoms with Crippen LogP contribution in [-0.4, -0.2) is 25.1 Å². The molecule has 154 valence electrons. The van der Waals surface area contributed by atoms with E-state index in [4.69, 9.17) is 38.5 Å². The molecule has 0 radical (unpaired) electrons. The van der Waals surface area contributed by atoms with E-state index in [2.05, 4.69) is 9.55 Å². The molecule has 0 amide bonds. The molecule has 0 bridgehead atoms. The van der Waals surface area contributed by atoms with Crippen LogP contribution in [-0.2, 0) is 13.0 Å². The van der Waals surface area contributed by atoms with Crippen molar-refractivity contribution in [2.75, 3.05) is 0 Å². The quantitative estimate of drug-likeness (QED) is 0.276. The zero-order valence-electron chi connectivity index (χ0n) is 15.1. The summed E-state index contributed by atoms with van der Waals surface area (Å²) >= 11 is 14.0. The van der Waals surface area contributed by atoms with Crippen LogP contribution in [0.5, 0.6) is 0 Å². The topological polar surface area (TPSA) is 81.2 Å². The summed E-state index contributed by atoms with van der Waals surface area (Å²) in [6, 6.07) is 12.2. The number of aryl methyl sites for hydroxylation is 1. The smallest absolute Gasteiger partial charge is 0.291 e. The maximum absolute atomic E-state index is 13.1. The Hall–Kier alpha value is -2.29. The van der Waals surface area contributed by atoms with E-state index in [1.165, 1.54) is 12.1 Å². The van der Waals surface area contributed by atoms with Gasteiger partial charge in [0.2, 0.25) is 0 Å². The molecule has 0 saturated heterocycles. The van der Waals surface area contributed by atoms with Crippen molar-refractivity contribution in [3.8, 4) is 0 Å². The van der Waals surface area contributed by atoms with Gasteiger partial charge in [0.15, 0.2) is 0 Å². The summed E-state index contributed by atoms with van der Waals surface area (Å²) in [6.45, 7) is 0.824. The standard InChI is InChI=1S/C19H17Cl2FN2S.HNO3/c20-15-4-8-19(18(21)11-15)25-17(12-24-10-9-23-13-24)7-3-14-1-5-16(22)6-2-14;2-1(3)4/h1-2,4-6,8-11,13,17H,3,7,12H2;(H,2,3,4). The van der Waals surface area contributed by atoms with Crippen LogP contribution >= 0.6 is 35.0 Å². The van der Waals surface area contributed by atoms with Gasteiger partial charge < -0.3 is 9.77 Å². The first-order valence-corrected chi connectivity index (χ1v) is 10.1. The van der Waals surface area contributed by atoms with E-state index in [1.54, 1.807) is 24.0 Å². The molecule has 1 aromatic heterocycles. The first kappa shape index (κ1) is 23.0. The van der Waals surface area contributed by atoms with E-state index in [9.17, 15) is 4.39 Å². The maximum Gasteiger partial charge on any atom is 0.291 e. The Morgan fingerprint density at radius 2 is 1.93 bits per heavy atom. The van der Waals surface area contributed by atoms with Crippen LogP contribution in [0.25, 0.3) is 0 Å². The molecule has 3 rings (SSSR count). The molecule has 29 heavy (non-hydrogen) atoms. The summed E-state index contributed by atoms with van der Waals surface area (Å²) in [5, 5.41) is 15.2. The molecule has 10 heteroatoms. The van der Waals surface area contributed by atoms with E-state index >= 15 is 0 Å².